The molecule has 214 valence electrons. The van der Waals surface area contributed by atoms with Crippen molar-refractivity contribution in [3.05, 3.63) is 92.0 Å². The van der Waals surface area contributed by atoms with Crippen molar-refractivity contribution in [1.82, 2.24) is 10.2 Å². The van der Waals surface area contributed by atoms with Crippen LogP contribution in [0.3, 0.4) is 0 Å². The molecule has 1 unspecified atom stereocenters. The van der Waals surface area contributed by atoms with Gasteiger partial charge in [0.1, 0.15) is 12.6 Å². The van der Waals surface area contributed by atoms with Crippen LogP contribution in [0.5, 0.6) is 0 Å². The Bertz CT molecular complexity index is 1450. The van der Waals surface area contributed by atoms with Crippen LogP contribution < -0.4 is 9.62 Å². The summed E-state index contributed by atoms with van der Waals surface area (Å²) in [5.74, 6) is -0.879. The molecule has 0 saturated carbocycles. The number of carbonyl (C=O) groups is 2. The standard InChI is InChI=1S/C29H32Cl2IN3O4S/c1-5-26(28(37)33-29(2,3)4)34(18-20-11-16-24(30)25(31)17-20)27(36)19-35(22-14-12-21(32)13-15-22)40(38,39)23-9-7-6-8-10-23/h6-17,26H,5,18-19H2,1-4H3,(H,33,37). The van der Waals surface area contributed by atoms with E-state index in [0.717, 1.165) is 7.88 Å². The van der Waals surface area contributed by atoms with E-state index in [1.54, 1.807) is 67.6 Å². The molecule has 0 aliphatic heterocycles. The average molecular weight is 716 g/mol. The minimum atomic E-state index is -4.12. The minimum Gasteiger partial charge on any atom is -0.350 e. The molecule has 0 saturated heterocycles. The largest absolute Gasteiger partial charge is 0.350 e. The van der Waals surface area contributed by atoms with Gasteiger partial charge in [0.15, 0.2) is 0 Å². The second kappa shape index (κ2) is 13.5. The van der Waals surface area contributed by atoms with Crippen molar-refractivity contribution in [3.63, 3.8) is 0 Å². The quantitative estimate of drug-likeness (QED) is 0.243. The Morgan fingerprint density at radius 1 is 0.950 bits per heavy atom. The Balaban J connectivity index is 2.07. The number of carbonyl (C=O) groups excluding carboxylic acids is 2. The lowest BCUT2D eigenvalue weighted by Crippen LogP contribution is -2.55. The predicted molar refractivity (Wildman–Crippen MR) is 169 cm³/mol. The molecule has 3 rings (SSSR count). The Labute approximate surface area is 260 Å². The molecular formula is C29H32Cl2IN3O4S. The molecule has 0 heterocycles. The molecule has 0 radical (unpaired) electrons. The highest BCUT2D eigenvalue weighted by molar-refractivity contribution is 14.1. The molecule has 7 nitrogen and oxygen atoms in total. The van der Waals surface area contributed by atoms with Crippen molar-refractivity contribution in [1.29, 1.82) is 0 Å². The van der Waals surface area contributed by atoms with E-state index in [2.05, 4.69) is 27.9 Å². The number of amides is 2. The number of sulfonamides is 1. The van der Waals surface area contributed by atoms with Gasteiger partial charge < -0.3 is 10.2 Å². The highest BCUT2D eigenvalue weighted by atomic mass is 127. The number of halogens is 3. The summed E-state index contributed by atoms with van der Waals surface area (Å²) >= 11 is 14.5. The number of rotatable bonds is 10. The highest BCUT2D eigenvalue weighted by Crippen LogP contribution is 2.27. The van der Waals surface area contributed by atoms with E-state index in [0.29, 0.717) is 27.7 Å². The third-order valence-electron chi connectivity index (χ3n) is 5.95. The van der Waals surface area contributed by atoms with Crippen LogP contribution in [0, 0.1) is 3.57 Å². The minimum absolute atomic E-state index is 0.0255. The SMILES string of the molecule is CCC(C(=O)NC(C)(C)C)N(Cc1ccc(Cl)c(Cl)c1)C(=O)CN(c1ccc(I)cc1)S(=O)(=O)c1ccccc1. The molecule has 3 aromatic carbocycles. The molecule has 0 fully saturated rings. The van der Waals surface area contributed by atoms with Crippen molar-refractivity contribution in [3.8, 4) is 0 Å². The Morgan fingerprint density at radius 3 is 2.12 bits per heavy atom. The van der Waals surface area contributed by atoms with Crippen LogP contribution in [0.4, 0.5) is 5.69 Å². The smallest absolute Gasteiger partial charge is 0.264 e. The normalized spacial score (nSPS) is 12.5. The van der Waals surface area contributed by atoms with Gasteiger partial charge in [0, 0.05) is 15.7 Å². The lowest BCUT2D eigenvalue weighted by atomic mass is 10.1. The summed E-state index contributed by atoms with van der Waals surface area (Å²) in [6.45, 7) is 6.88. The summed E-state index contributed by atoms with van der Waals surface area (Å²) in [6, 6.07) is 18.9. The van der Waals surface area contributed by atoms with Gasteiger partial charge in [0.05, 0.1) is 20.6 Å². The summed E-state index contributed by atoms with van der Waals surface area (Å²) in [5.41, 5.74) is 0.447. The van der Waals surface area contributed by atoms with Gasteiger partial charge in [0.2, 0.25) is 11.8 Å². The maximum atomic E-state index is 14.1. The summed E-state index contributed by atoms with van der Waals surface area (Å²) in [4.78, 5) is 28.9. The zero-order valence-electron chi connectivity index (χ0n) is 22.7. The van der Waals surface area contributed by atoms with Crippen LogP contribution in [0.15, 0.2) is 77.7 Å². The van der Waals surface area contributed by atoms with Gasteiger partial charge in [-0.3, -0.25) is 13.9 Å². The monoisotopic (exact) mass is 715 g/mol. The van der Waals surface area contributed by atoms with Crippen LogP contribution in [-0.2, 0) is 26.2 Å². The Kier molecular flexibility index (Phi) is 10.9. The number of hydrogen-bond donors (Lipinski definition) is 1. The number of nitrogens with one attached hydrogen (secondary N) is 1. The molecule has 0 aliphatic rings. The summed E-state index contributed by atoms with van der Waals surface area (Å²) < 4.78 is 29.6. The average Bonchev–Trinajstić information content (AvgIpc) is 2.89. The third kappa shape index (κ3) is 8.34. The van der Waals surface area contributed by atoms with E-state index in [1.807, 2.05) is 20.8 Å². The molecule has 0 bridgehead atoms. The zero-order chi connectivity index (χ0) is 29.7. The van der Waals surface area contributed by atoms with Crippen LogP contribution in [0.2, 0.25) is 10.0 Å². The first-order valence-corrected chi connectivity index (χ1v) is 15.9. The summed E-state index contributed by atoms with van der Waals surface area (Å²) in [7, 11) is -4.12. The molecule has 0 aromatic heterocycles. The van der Waals surface area contributed by atoms with Crippen molar-refractivity contribution in [2.45, 2.75) is 57.1 Å². The van der Waals surface area contributed by atoms with Crippen molar-refractivity contribution >= 4 is 73.3 Å². The zero-order valence-corrected chi connectivity index (χ0v) is 27.2. The number of nitrogens with zero attached hydrogens (tertiary/aromatic N) is 2. The molecule has 1 atom stereocenters. The van der Waals surface area contributed by atoms with E-state index in [4.69, 9.17) is 23.2 Å². The first-order chi connectivity index (χ1) is 18.7. The molecule has 11 heteroatoms. The number of hydrogen-bond acceptors (Lipinski definition) is 4. The molecule has 40 heavy (non-hydrogen) atoms. The number of anilines is 1. The molecule has 1 N–H and O–H groups in total. The molecule has 0 aliphatic carbocycles. The maximum Gasteiger partial charge on any atom is 0.264 e. The second-order valence-corrected chi connectivity index (χ2v) is 14.2. The van der Waals surface area contributed by atoms with Gasteiger partial charge in [-0.25, -0.2) is 8.42 Å². The molecule has 3 aromatic rings. The van der Waals surface area contributed by atoms with Gasteiger partial charge in [-0.2, -0.15) is 0 Å². The van der Waals surface area contributed by atoms with Gasteiger partial charge in [0.25, 0.3) is 10.0 Å². The second-order valence-electron chi connectivity index (χ2n) is 10.2. The molecule has 2 amide bonds. The van der Waals surface area contributed by atoms with Crippen LogP contribution in [-0.4, -0.2) is 43.3 Å². The maximum absolute atomic E-state index is 14.1. The fraction of sp³-hybridized carbons (Fsp3) is 0.310. The van der Waals surface area contributed by atoms with Crippen LogP contribution in [0.25, 0.3) is 0 Å². The van der Waals surface area contributed by atoms with E-state index in [-0.39, 0.29) is 17.3 Å². The Hall–Kier alpha value is -2.34. The van der Waals surface area contributed by atoms with Crippen LogP contribution >= 0.6 is 45.8 Å². The molecule has 0 spiro atoms. The van der Waals surface area contributed by atoms with Gasteiger partial charge in [-0.1, -0.05) is 54.4 Å². The van der Waals surface area contributed by atoms with Crippen molar-refractivity contribution in [2.24, 2.45) is 0 Å². The Morgan fingerprint density at radius 2 is 1.57 bits per heavy atom. The van der Waals surface area contributed by atoms with Gasteiger partial charge >= 0.3 is 0 Å². The summed E-state index contributed by atoms with van der Waals surface area (Å²) in [6.07, 6.45) is 0.309. The molecular weight excluding hydrogens is 684 g/mol. The third-order valence-corrected chi connectivity index (χ3v) is 9.19. The van der Waals surface area contributed by atoms with Crippen molar-refractivity contribution < 1.29 is 18.0 Å². The first kappa shape index (κ1) is 32.2. The topological polar surface area (TPSA) is 86.8 Å². The fourth-order valence-electron chi connectivity index (χ4n) is 4.06. The lowest BCUT2D eigenvalue weighted by molar-refractivity contribution is -0.141. The number of benzene rings is 3. The fourth-order valence-corrected chi connectivity index (χ4v) is 6.18. The predicted octanol–water partition coefficient (Wildman–Crippen LogP) is 6.52. The highest BCUT2D eigenvalue weighted by Gasteiger charge is 2.34. The first-order valence-electron chi connectivity index (χ1n) is 12.6. The van der Waals surface area contributed by atoms with E-state index in [9.17, 15) is 18.0 Å². The van der Waals surface area contributed by atoms with E-state index >= 15 is 0 Å². The van der Waals surface area contributed by atoms with E-state index in [1.165, 1.54) is 17.0 Å². The summed E-state index contributed by atoms with van der Waals surface area (Å²) in [5, 5.41) is 3.62. The van der Waals surface area contributed by atoms with E-state index < -0.39 is 34.1 Å². The van der Waals surface area contributed by atoms with Crippen molar-refractivity contribution in [2.75, 3.05) is 10.8 Å². The lowest BCUT2D eigenvalue weighted by Gasteiger charge is -2.34. The van der Waals surface area contributed by atoms with Crippen LogP contribution in [0.1, 0.15) is 39.7 Å². The van der Waals surface area contributed by atoms with Gasteiger partial charge in [-0.15, -0.1) is 0 Å². The van der Waals surface area contributed by atoms with Gasteiger partial charge in [-0.05, 0) is 104 Å².